The van der Waals surface area contributed by atoms with Crippen molar-refractivity contribution in [3.05, 3.63) is 48.5 Å². The number of nitrogens with one attached hydrogen (secondary N) is 1. The van der Waals surface area contributed by atoms with Crippen LogP contribution in [-0.2, 0) is 10.0 Å². The number of anilines is 1. The van der Waals surface area contributed by atoms with Crippen LogP contribution in [0.1, 0.15) is 0 Å². The first-order chi connectivity index (χ1) is 10.6. The van der Waals surface area contributed by atoms with Gasteiger partial charge in [0.1, 0.15) is 0 Å². The van der Waals surface area contributed by atoms with Gasteiger partial charge in [-0.1, -0.05) is 30.3 Å². The van der Waals surface area contributed by atoms with Crippen molar-refractivity contribution in [2.24, 2.45) is 5.14 Å². The summed E-state index contributed by atoms with van der Waals surface area (Å²) in [5.41, 5.74) is 2.64. The van der Waals surface area contributed by atoms with Gasteiger partial charge in [0.25, 0.3) is 0 Å². The smallest absolute Gasteiger partial charge is 0.238 e. The van der Waals surface area contributed by atoms with Gasteiger partial charge in [-0.3, -0.25) is 0 Å². The molecular weight excluding hydrogens is 298 g/mol. The van der Waals surface area contributed by atoms with E-state index in [0.717, 1.165) is 37.4 Å². The van der Waals surface area contributed by atoms with Crippen LogP contribution in [0, 0.1) is 0 Å². The summed E-state index contributed by atoms with van der Waals surface area (Å²) in [5, 5.41) is 8.62. The molecule has 5 nitrogen and oxygen atoms in total. The van der Waals surface area contributed by atoms with E-state index in [2.05, 4.69) is 10.2 Å². The Morgan fingerprint density at radius 1 is 0.955 bits per heavy atom. The first-order valence-corrected chi connectivity index (χ1v) is 8.78. The third kappa shape index (κ3) is 3.14. The quantitative estimate of drug-likeness (QED) is 0.897. The maximum absolute atomic E-state index is 11.7. The summed E-state index contributed by atoms with van der Waals surface area (Å²) in [6.07, 6.45) is 0. The molecule has 0 aliphatic carbocycles. The van der Waals surface area contributed by atoms with Gasteiger partial charge in [-0.25, -0.2) is 13.6 Å². The fraction of sp³-hybridized carbons (Fsp3) is 0.250. The first-order valence-electron chi connectivity index (χ1n) is 7.24. The molecule has 1 fully saturated rings. The van der Waals surface area contributed by atoms with Crippen LogP contribution in [0.4, 0.5) is 5.69 Å². The van der Waals surface area contributed by atoms with Crippen LogP contribution in [0.5, 0.6) is 0 Å². The van der Waals surface area contributed by atoms with Gasteiger partial charge in [0.05, 0.1) is 4.90 Å². The van der Waals surface area contributed by atoms with Crippen molar-refractivity contribution in [1.82, 2.24) is 5.32 Å². The lowest BCUT2D eigenvalue weighted by atomic mass is 10.1. The van der Waals surface area contributed by atoms with Crippen LogP contribution in [0.25, 0.3) is 11.1 Å². The van der Waals surface area contributed by atoms with Gasteiger partial charge in [0, 0.05) is 37.4 Å². The second kappa shape index (κ2) is 6.08. The topological polar surface area (TPSA) is 75.4 Å². The maximum Gasteiger partial charge on any atom is 0.238 e. The molecular formula is C16H19N3O2S. The van der Waals surface area contributed by atoms with Gasteiger partial charge >= 0.3 is 0 Å². The van der Waals surface area contributed by atoms with Crippen LogP contribution >= 0.6 is 0 Å². The minimum Gasteiger partial charge on any atom is -0.369 e. The number of rotatable bonds is 3. The van der Waals surface area contributed by atoms with Gasteiger partial charge in [-0.05, 0) is 23.8 Å². The van der Waals surface area contributed by atoms with E-state index in [1.807, 2.05) is 30.3 Å². The Morgan fingerprint density at radius 3 is 2.23 bits per heavy atom. The number of hydrogen-bond acceptors (Lipinski definition) is 4. The van der Waals surface area contributed by atoms with Crippen molar-refractivity contribution >= 4 is 15.7 Å². The van der Waals surface area contributed by atoms with E-state index >= 15 is 0 Å². The largest absolute Gasteiger partial charge is 0.369 e. The highest BCUT2D eigenvalue weighted by Crippen LogP contribution is 2.28. The number of benzene rings is 2. The Bertz CT molecular complexity index is 751. The summed E-state index contributed by atoms with van der Waals surface area (Å²) in [4.78, 5) is 2.47. The standard InChI is InChI=1S/C16H19N3O2S/c17-22(20,21)16-4-2-1-3-15(16)13-5-7-14(8-6-13)19-11-9-18-10-12-19/h1-8,18H,9-12H2,(H2,17,20,21). The number of sulfonamides is 1. The number of nitrogens with two attached hydrogens (primary N) is 1. The predicted molar refractivity (Wildman–Crippen MR) is 88.3 cm³/mol. The molecule has 0 amide bonds. The van der Waals surface area contributed by atoms with E-state index < -0.39 is 10.0 Å². The number of nitrogens with zero attached hydrogens (tertiary/aromatic N) is 1. The molecule has 0 aromatic heterocycles. The van der Waals surface area contributed by atoms with Crippen LogP contribution in [-0.4, -0.2) is 34.6 Å². The lowest BCUT2D eigenvalue weighted by Gasteiger charge is -2.29. The maximum atomic E-state index is 11.7. The summed E-state index contributed by atoms with van der Waals surface area (Å²) in [6, 6.07) is 14.8. The molecule has 0 spiro atoms. The Morgan fingerprint density at radius 2 is 1.59 bits per heavy atom. The van der Waals surface area contributed by atoms with Gasteiger partial charge in [-0.2, -0.15) is 0 Å². The zero-order valence-corrected chi connectivity index (χ0v) is 13.0. The van der Waals surface area contributed by atoms with Crippen LogP contribution in [0.2, 0.25) is 0 Å². The average molecular weight is 317 g/mol. The van der Waals surface area contributed by atoms with E-state index in [0.29, 0.717) is 5.56 Å². The molecule has 1 saturated heterocycles. The lowest BCUT2D eigenvalue weighted by molar-refractivity contribution is 0.589. The zero-order chi connectivity index (χ0) is 15.6. The Kier molecular flexibility index (Phi) is 4.15. The molecule has 22 heavy (non-hydrogen) atoms. The number of piperazine rings is 1. The van der Waals surface area contributed by atoms with Gasteiger partial charge < -0.3 is 10.2 Å². The fourth-order valence-electron chi connectivity index (χ4n) is 2.73. The van der Waals surface area contributed by atoms with Crippen LogP contribution in [0.15, 0.2) is 53.4 Å². The van der Waals surface area contributed by atoms with Crippen molar-refractivity contribution in [2.45, 2.75) is 4.90 Å². The fourth-order valence-corrected chi connectivity index (χ4v) is 3.49. The van der Waals surface area contributed by atoms with Crippen molar-refractivity contribution < 1.29 is 8.42 Å². The molecule has 1 heterocycles. The highest BCUT2D eigenvalue weighted by Gasteiger charge is 2.15. The summed E-state index contributed by atoms with van der Waals surface area (Å²) in [6.45, 7) is 3.92. The third-order valence-corrected chi connectivity index (χ3v) is 4.82. The molecule has 116 valence electrons. The highest BCUT2D eigenvalue weighted by atomic mass is 32.2. The van der Waals surface area contributed by atoms with Gasteiger partial charge in [0.15, 0.2) is 0 Å². The van der Waals surface area contributed by atoms with E-state index in [1.165, 1.54) is 6.07 Å². The summed E-state index contributed by atoms with van der Waals surface area (Å²) >= 11 is 0. The summed E-state index contributed by atoms with van der Waals surface area (Å²) in [7, 11) is -3.73. The van der Waals surface area contributed by atoms with E-state index in [1.54, 1.807) is 12.1 Å². The highest BCUT2D eigenvalue weighted by molar-refractivity contribution is 7.89. The van der Waals surface area contributed by atoms with Crippen molar-refractivity contribution in [2.75, 3.05) is 31.1 Å². The van der Waals surface area contributed by atoms with E-state index in [9.17, 15) is 8.42 Å². The second-order valence-corrected chi connectivity index (χ2v) is 6.85. The SMILES string of the molecule is NS(=O)(=O)c1ccccc1-c1ccc(N2CCNCC2)cc1. The molecule has 1 aliphatic rings. The Balaban J connectivity index is 1.94. The molecule has 3 rings (SSSR count). The Labute approximate surface area is 130 Å². The minimum absolute atomic E-state index is 0.157. The molecule has 1 aliphatic heterocycles. The monoisotopic (exact) mass is 317 g/mol. The van der Waals surface area contributed by atoms with E-state index in [4.69, 9.17) is 5.14 Å². The first kappa shape index (κ1) is 15.0. The van der Waals surface area contributed by atoms with E-state index in [-0.39, 0.29) is 4.90 Å². The molecule has 0 unspecified atom stereocenters. The number of hydrogen-bond donors (Lipinski definition) is 2. The van der Waals surface area contributed by atoms with Gasteiger partial charge in [-0.15, -0.1) is 0 Å². The summed E-state index contributed by atoms with van der Waals surface area (Å²) < 4.78 is 23.4. The third-order valence-electron chi connectivity index (χ3n) is 3.85. The van der Waals surface area contributed by atoms with Crippen LogP contribution in [0.3, 0.4) is 0 Å². The van der Waals surface area contributed by atoms with Crippen molar-refractivity contribution in [1.29, 1.82) is 0 Å². The Hall–Kier alpha value is -1.89. The molecule has 3 N–H and O–H groups in total. The minimum atomic E-state index is -3.73. The zero-order valence-electron chi connectivity index (χ0n) is 12.2. The molecule has 6 heteroatoms. The molecule has 0 radical (unpaired) electrons. The van der Waals surface area contributed by atoms with Crippen LogP contribution < -0.4 is 15.4 Å². The number of primary sulfonamides is 1. The lowest BCUT2D eigenvalue weighted by Crippen LogP contribution is -2.43. The molecule has 2 aromatic carbocycles. The summed E-state index contributed by atoms with van der Waals surface area (Å²) in [5.74, 6) is 0. The van der Waals surface area contributed by atoms with Crippen molar-refractivity contribution in [3.63, 3.8) is 0 Å². The predicted octanol–water partition coefficient (Wildman–Crippen LogP) is 1.41. The van der Waals surface area contributed by atoms with Crippen molar-refractivity contribution in [3.8, 4) is 11.1 Å². The molecule has 0 atom stereocenters. The molecule has 0 saturated carbocycles. The molecule has 2 aromatic rings. The average Bonchev–Trinajstić information content (AvgIpc) is 2.55. The second-order valence-electron chi connectivity index (χ2n) is 5.33. The normalized spacial score (nSPS) is 15.8. The molecule has 0 bridgehead atoms. The van der Waals surface area contributed by atoms with Gasteiger partial charge in [0.2, 0.25) is 10.0 Å².